The molecule has 1 atom stereocenters. The zero-order chi connectivity index (χ0) is 24.1. The van der Waals surface area contributed by atoms with Crippen LogP contribution >= 0.6 is 0 Å². The van der Waals surface area contributed by atoms with Crippen molar-refractivity contribution >= 4 is 21.5 Å². The predicted molar refractivity (Wildman–Crippen MR) is 148 cm³/mol. The van der Waals surface area contributed by atoms with Gasteiger partial charge in [0.2, 0.25) is 5.69 Å². The molecular weight excluding hydrogens is 410 g/mol. The summed E-state index contributed by atoms with van der Waals surface area (Å²) in [5, 5.41) is 5.44. The Bertz CT molecular complexity index is 1300. The largest absolute Gasteiger partial charge is 0.213 e. The van der Waals surface area contributed by atoms with Crippen LogP contribution < -0.4 is 4.57 Å². The Hall–Kier alpha value is -2.93. The number of aromatic nitrogens is 1. The minimum atomic E-state index is 0.0447. The Kier molecular flexibility index (Phi) is 7.51. The molecule has 1 heterocycles. The van der Waals surface area contributed by atoms with E-state index in [1.54, 1.807) is 0 Å². The van der Waals surface area contributed by atoms with Gasteiger partial charge in [-0.25, -0.2) is 0 Å². The van der Waals surface area contributed by atoms with Crippen molar-refractivity contribution in [1.82, 2.24) is 0 Å². The highest BCUT2D eigenvalue weighted by Crippen LogP contribution is 2.42. The van der Waals surface area contributed by atoms with Crippen LogP contribution in [0.2, 0.25) is 0 Å². The molecular formula is C33H40N+. The molecule has 0 aliphatic carbocycles. The summed E-state index contributed by atoms with van der Waals surface area (Å²) in [5.74, 6) is 0. The molecule has 34 heavy (non-hydrogen) atoms. The molecule has 1 heteroatoms. The van der Waals surface area contributed by atoms with Crippen LogP contribution in [0, 0.1) is 0 Å². The molecule has 0 saturated carbocycles. The number of hydrogen-bond acceptors (Lipinski definition) is 0. The van der Waals surface area contributed by atoms with Crippen molar-refractivity contribution < 1.29 is 4.57 Å². The van der Waals surface area contributed by atoms with Gasteiger partial charge in [0.05, 0.1) is 5.56 Å². The van der Waals surface area contributed by atoms with Crippen molar-refractivity contribution in [2.45, 2.75) is 78.2 Å². The molecule has 0 spiro atoms. The van der Waals surface area contributed by atoms with Gasteiger partial charge in [0.15, 0.2) is 6.20 Å². The second-order valence-corrected chi connectivity index (χ2v) is 9.99. The molecule has 1 unspecified atom stereocenters. The van der Waals surface area contributed by atoms with E-state index in [0.29, 0.717) is 0 Å². The maximum Gasteiger partial charge on any atom is 0.213 e. The molecule has 0 bridgehead atoms. The van der Waals surface area contributed by atoms with Crippen molar-refractivity contribution in [2.24, 2.45) is 0 Å². The van der Waals surface area contributed by atoms with Crippen LogP contribution in [-0.2, 0) is 18.4 Å². The molecule has 1 aromatic heterocycles. The fraction of sp³-hybridized carbons (Fsp3) is 0.364. The van der Waals surface area contributed by atoms with E-state index in [1.165, 1.54) is 56.8 Å². The Labute approximate surface area is 206 Å². The van der Waals surface area contributed by atoms with E-state index in [4.69, 9.17) is 0 Å². The third-order valence-electron chi connectivity index (χ3n) is 7.60. The minimum Gasteiger partial charge on any atom is -0.198 e. The lowest BCUT2D eigenvalue weighted by Gasteiger charge is -2.30. The van der Waals surface area contributed by atoms with Crippen LogP contribution in [0.5, 0.6) is 0 Å². The zero-order valence-electron chi connectivity index (χ0n) is 21.5. The van der Waals surface area contributed by atoms with E-state index >= 15 is 0 Å². The topological polar surface area (TPSA) is 3.88 Å². The Morgan fingerprint density at radius 3 is 2.41 bits per heavy atom. The highest BCUT2D eigenvalue weighted by atomic mass is 15.0. The lowest BCUT2D eigenvalue weighted by molar-refractivity contribution is -0.686. The average Bonchev–Trinajstić information content (AvgIpc) is 2.86. The number of hydrogen-bond donors (Lipinski definition) is 0. The van der Waals surface area contributed by atoms with Gasteiger partial charge in [-0.05, 0) is 82.0 Å². The second-order valence-electron chi connectivity index (χ2n) is 9.99. The summed E-state index contributed by atoms with van der Waals surface area (Å²) in [4.78, 5) is 0. The van der Waals surface area contributed by atoms with Gasteiger partial charge in [0.1, 0.15) is 6.54 Å². The summed E-state index contributed by atoms with van der Waals surface area (Å²) in [6.45, 7) is 14.4. The number of pyridine rings is 1. The third-order valence-corrected chi connectivity index (χ3v) is 7.60. The third kappa shape index (κ3) is 4.53. The molecule has 3 aromatic carbocycles. The van der Waals surface area contributed by atoms with Crippen LogP contribution in [0.3, 0.4) is 0 Å². The Morgan fingerprint density at radius 2 is 1.68 bits per heavy atom. The van der Waals surface area contributed by atoms with E-state index in [1.807, 2.05) is 0 Å². The summed E-state index contributed by atoms with van der Waals surface area (Å²) in [6, 6.07) is 23.1. The lowest BCUT2D eigenvalue weighted by atomic mass is 9.73. The summed E-state index contributed by atoms with van der Waals surface area (Å²) in [6.07, 6.45) is 11.1. The van der Waals surface area contributed by atoms with Crippen molar-refractivity contribution in [3.05, 3.63) is 90.6 Å². The highest BCUT2D eigenvalue weighted by Gasteiger charge is 2.30. The van der Waals surface area contributed by atoms with Crippen molar-refractivity contribution in [1.29, 1.82) is 0 Å². The number of allylic oxidation sites excluding steroid dienone is 1. The normalized spacial score (nSPS) is 13.3. The number of aryl methyl sites for hydroxylation is 2. The maximum absolute atomic E-state index is 4.10. The molecule has 0 N–H and O–H groups in total. The SMILES string of the molecule is C=CCC(C)(CC)c1ccc2cc3c(CCCC)cccc3cc2c1-c1cccc[n+]1CCC. The molecule has 4 aromatic rings. The van der Waals surface area contributed by atoms with Crippen molar-refractivity contribution in [2.75, 3.05) is 0 Å². The number of rotatable bonds is 10. The monoisotopic (exact) mass is 450 g/mol. The molecule has 0 radical (unpaired) electrons. The van der Waals surface area contributed by atoms with E-state index in [2.05, 4.69) is 112 Å². The van der Waals surface area contributed by atoms with Gasteiger partial charge in [0, 0.05) is 18.6 Å². The molecule has 0 amide bonds. The van der Waals surface area contributed by atoms with Gasteiger partial charge in [-0.15, -0.1) is 6.58 Å². The highest BCUT2D eigenvalue weighted by molar-refractivity contribution is 6.06. The number of fused-ring (bicyclic) bond motifs is 2. The fourth-order valence-electron chi connectivity index (χ4n) is 5.43. The standard InChI is InChI=1S/C33H40N/c1-6-10-14-25-15-13-16-26-24-29-27(23-28(25)26)18-19-30(33(5,9-4)20-7-2)32(29)31-17-11-12-22-34(31)21-8-3/h7,11-13,15-19,22-24H,2,6,8-10,14,20-21H2,1,3-5H3/q+1. The minimum absolute atomic E-state index is 0.0447. The number of unbranched alkanes of at least 4 members (excludes halogenated alkanes) is 1. The van der Waals surface area contributed by atoms with E-state index in [-0.39, 0.29) is 5.41 Å². The molecule has 0 aliphatic rings. The summed E-state index contributed by atoms with van der Waals surface area (Å²) in [5.41, 5.74) is 5.65. The van der Waals surface area contributed by atoms with Crippen LogP contribution in [0.4, 0.5) is 0 Å². The van der Waals surface area contributed by atoms with Crippen LogP contribution in [0.1, 0.15) is 70.9 Å². The van der Waals surface area contributed by atoms with E-state index < -0.39 is 0 Å². The molecule has 0 aliphatic heterocycles. The quantitative estimate of drug-likeness (QED) is 0.129. The van der Waals surface area contributed by atoms with Gasteiger partial charge in [0.25, 0.3) is 0 Å². The summed E-state index contributed by atoms with van der Waals surface area (Å²) >= 11 is 0. The second kappa shape index (κ2) is 10.6. The molecule has 4 rings (SSSR count). The summed E-state index contributed by atoms with van der Waals surface area (Å²) < 4.78 is 2.43. The first-order valence-electron chi connectivity index (χ1n) is 13.1. The summed E-state index contributed by atoms with van der Waals surface area (Å²) in [7, 11) is 0. The zero-order valence-corrected chi connectivity index (χ0v) is 21.5. The predicted octanol–water partition coefficient (Wildman–Crippen LogP) is 8.94. The van der Waals surface area contributed by atoms with Crippen molar-refractivity contribution in [3.8, 4) is 11.3 Å². The smallest absolute Gasteiger partial charge is 0.198 e. The number of benzene rings is 3. The molecule has 0 fully saturated rings. The van der Waals surface area contributed by atoms with Gasteiger partial charge in [-0.1, -0.05) is 70.5 Å². The molecule has 1 nitrogen and oxygen atoms in total. The fourth-order valence-corrected chi connectivity index (χ4v) is 5.43. The van der Waals surface area contributed by atoms with Gasteiger partial charge >= 0.3 is 0 Å². The van der Waals surface area contributed by atoms with Crippen LogP contribution in [0.25, 0.3) is 32.8 Å². The maximum atomic E-state index is 4.10. The van der Waals surface area contributed by atoms with E-state index in [0.717, 1.165) is 32.2 Å². The first-order chi connectivity index (χ1) is 16.6. The van der Waals surface area contributed by atoms with Crippen LogP contribution in [0.15, 0.2) is 79.5 Å². The molecule has 0 saturated heterocycles. The van der Waals surface area contributed by atoms with Gasteiger partial charge < -0.3 is 0 Å². The lowest BCUT2D eigenvalue weighted by Crippen LogP contribution is -2.36. The first-order valence-corrected chi connectivity index (χ1v) is 13.1. The Balaban J connectivity index is 2.08. The van der Waals surface area contributed by atoms with Crippen molar-refractivity contribution in [3.63, 3.8) is 0 Å². The van der Waals surface area contributed by atoms with Gasteiger partial charge in [-0.3, -0.25) is 0 Å². The average molecular weight is 451 g/mol. The molecule has 176 valence electrons. The number of nitrogens with zero attached hydrogens (tertiary/aromatic N) is 1. The van der Waals surface area contributed by atoms with Crippen LogP contribution in [-0.4, -0.2) is 0 Å². The first kappa shape index (κ1) is 24.2. The Morgan fingerprint density at radius 1 is 0.882 bits per heavy atom. The van der Waals surface area contributed by atoms with E-state index in [9.17, 15) is 0 Å². The van der Waals surface area contributed by atoms with Gasteiger partial charge in [-0.2, -0.15) is 4.57 Å².